The molecule has 6 nitrogen and oxygen atoms in total. The zero-order chi connectivity index (χ0) is 17.0. The summed E-state index contributed by atoms with van der Waals surface area (Å²) >= 11 is 6.46. The van der Waals surface area contributed by atoms with Gasteiger partial charge in [-0.2, -0.15) is 0 Å². The number of esters is 1. The van der Waals surface area contributed by atoms with Crippen molar-refractivity contribution >= 4 is 43.9 Å². The van der Waals surface area contributed by atoms with E-state index < -0.39 is 12.0 Å². The van der Waals surface area contributed by atoms with Crippen molar-refractivity contribution in [2.75, 3.05) is 6.61 Å². The number of rotatable bonds is 5. The second kappa shape index (κ2) is 7.83. The average Bonchev–Trinajstić information content (AvgIpc) is 2.46. The van der Waals surface area contributed by atoms with Crippen molar-refractivity contribution in [1.82, 2.24) is 10.6 Å². The number of ether oxygens (including phenoxy) is 2. The van der Waals surface area contributed by atoms with Crippen LogP contribution in [0.25, 0.3) is 0 Å². The zero-order valence-electron chi connectivity index (χ0n) is 12.6. The van der Waals surface area contributed by atoms with Crippen LogP contribution in [0, 0.1) is 0 Å². The zero-order valence-corrected chi connectivity index (χ0v) is 15.7. The number of benzene rings is 1. The van der Waals surface area contributed by atoms with Crippen LogP contribution in [0.2, 0.25) is 0 Å². The lowest BCUT2D eigenvalue weighted by atomic mass is 9.95. The summed E-state index contributed by atoms with van der Waals surface area (Å²) in [6.45, 7) is 3.68. The molecule has 2 rings (SSSR count). The topological polar surface area (TPSA) is 76.7 Å². The normalized spacial score (nSPS) is 17.6. The van der Waals surface area contributed by atoms with Gasteiger partial charge in [0.05, 0.1) is 18.2 Å². The minimum atomic E-state index is -0.569. The Hall–Kier alpha value is -1.54. The van der Waals surface area contributed by atoms with E-state index in [9.17, 15) is 9.59 Å². The van der Waals surface area contributed by atoms with Crippen LogP contribution in [-0.2, 0) is 9.53 Å². The Kier molecular flexibility index (Phi) is 6.06. The summed E-state index contributed by atoms with van der Waals surface area (Å²) in [4.78, 5) is 24.0. The average molecular weight is 448 g/mol. The molecule has 0 saturated heterocycles. The van der Waals surface area contributed by atoms with Gasteiger partial charge in [0.25, 0.3) is 0 Å². The van der Waals surface area contributed by atoms with E-state index in [2.05, 4.69) is 42.5 Å². The number of alkyl halides is 2. The molecule has 0 spiro atoms. The molecule has 1 heterocycles. The first-order valence-corrected chi connectivity index (χ1v) is 8.75. The third-order valence-electron chi connectivity index (χ3n) is 3.20. The Morgan fingerprint density at radius 3 is 2.52 bits per heavy atom. The van der Waals surface area contributed by atoms with E-state index in [0.717, 1.165) is 5.56 Å². The van der Waals surface area contributed by atoms with Gasteiger partial charge in [-0.15, -0.1) is 0 Å². The van der Waals surface area contributed by atoms with Gasteiger partial charge in [-0.25, -0.2) is 9.59 Å². The highest BCUT2D eigenvalue weighted by atomic mass is 79.9. The minimum absolute atomic E-state index is 0.265. The molecule has 0 radical (unpaired) electrons. The van der Waals surface area contributed by atoms with Crippen molar-refractivity contribution in [3.8, 4) is 5.75 Å². The number of nitrogens with one attached hydrogen (secondary N) is 2. The highest BCUT2D eigenvalue weighted by Crippen LogP contribution is 2.29. The van der Waals surface area contributed by atoms with E-state index in [-0.39, 0.29) is 16.6 Å². The first-order valence-electron chi connectivity index (χ1n) is 6.92. The summed E-state index contributed by atoms with van der Waals surface area (Å²) < 4.78 is 10.2. The number of hydrogen-bond donors (Lipinski definition) is 2. The molecule has 1 aliphatic rings. The Labute approximate surface area is 150 Å². The highest BCUT2D eigenvalue weighted by molar-refractivity contribution is 9.24. The number of allylic oxidation sites excluding steroid dienone is 1. The first kappa shape index (κ1) is 17.8. The summed E-state index contributed by atoms with van der Waals surface area (Å²) in [5, 5.41) is 5.34. The molecule has 1 atom stereocenters. The third kappa shape index (κ3) is 4.48. The van der Waals surface area contributed by atoms with E-state index in [0.29, 0.717) is 17.0 Å². The van der Waals surface area contributed by atoms with Crippen molar-refractivity contribution in [3.05, 3.63) is 41.1 Å². The Morgan fingerprint density at radius 2 is 1.96 bits per heavy atom. The van der Waals surface area contributed by atoms with Gasteiger partial charge in [-0.1, -0.05) is 12.1 Å². The van der Waals surface area contributed by atoms with Crippen LogP contribution < -0.4 is 15.4 Å². The largest absolute Gasteiger partial charge is 0.469 e. The van der Waals surface area contributed by atoms with Crippen LogP contribution in [0.5, 0.6) is 5.75 Å². The van der Waals surface area contributed by atoms with Gasteiger partial charge >= 0.3 is 12.0 Å². The minimum Gasteiger partial charge on any atom is -0.469 e. The smallest absolute Gasteiger partial charge is 0.338 e. The maximum Gasteiger partial charge on any atom is 0.338 e. The van der Waals surface area contributed by atoms with Crippen molar-refractivity contribution in [3.63, 3.8) is 0 Å². The molecule has 8 heteroatoms. The van der Waals surface area contributed by atoms with E-state index in [1.54, 1.807) is 38.1 Å². The second-order valence-corrected chi connectivity index (χ2v) is 7.63. The Bertz CT molecular complexity index is 629. The molecule has 1 aromatic rings. The van der Waals surface area contributed by atoms with Gasteiger partial charge in [0.2, 0.25) is 3.92 Å². The predicted octanol–water partition coefficient (Wildman–Crippen LogP) is 3.33. The van der Waals surface area contributed by atoms with Gasteiger partial charge in [0.1, 0.15) is 5.75 Å². The molecular weight excluding hydrogens is 432 g/mol. The van der Waals surface area contributed by atoms with Crippen molar-refractivity contribution in [2.24, 2.45) is 0 Å². The number of hydrogen-bond acceptors (Lipinski definition) is 4. The molecule has 0 fully saturated rings. The van der Waals surface area contributed by atoms with Gasteiger partial charge in [0.15, 0.2) is 0 Å². The lowest BCUT2D eigenvalue weighted by Gasteiger charge is -2.28. The summed E-state index contributed by atoms with van der Waals surface area (Å²) in [7, 11) is 0. The van der Waals surface area contributed by atoms with Crippen LogP contribution in [0.15, 0.2) is 35.5 Å². The highest BCUT2D eigenvalue weighted by Gasteiger charge is 2.32. The monoisotopic (exact) mass is 446 g/mol. The van der Waals surface area contributed by atoms with Gasteiger partial charge in [-0.3, -0.25) is 0 Å². The fraction of sp³-hybridized carbons (Fsp3) is 0.333. The summed E-state index contributed by atoms with van der Waals surface area (Å²) in [5.41, 5.74) is 1.63. The third-order valence-corrected chi connectivity index (χ3v) is 3.58. The van der Waals surface area contributed by atoms with Crippen molar-refractivity contribution in [1.29, 1.82) is 0 Å². The van der Waals surface area contributed by atoms with E-state index in [4.69, 9.17) is 9.47 Å². The number of halogens is 2. The number of carbonyl (C=O) groups is 2. The first-order chi connectivity index (χ1) is 10.9. The van der Waals surface area contributed by atoms with Crippen LogP contribution in [0.4, 0.5) is 4.79 Å². The molecule has 1 aliphatic heterocycles. The van der Waals surface area contributed by atoms with E-state index >= 15 is 0 Å². The molecule has 2 N–H and O–H groups in total. The molecule has 0 saturated carbocycles. The number of carbonyl (C=O) groups excluding carboxylic acids is 2. The maximum absolute atomic E-state index is 12.2. The number of amides is 2. The Balaban J connectivity index is 2.32. The summed E-state index contributed by atoms with van der Waals surface area (Å²) in [6.07, 6.45) is 0. The molecular formula is C15H16Br2N2O4. The molecule has 23 heavy (non-hydrogen) atoms. The lowest BCUT2D eigenvalue weighted by molar-refractivity contribution is -0.139. The van der Waals surface area contributed by atoms with Crippen molar-refractivity contribution < 1.29 is 19.1 Å². The van der Waals surface area contributed by atoms with E-state index in [1.807, 2.05) is 0 Å². The maximum atomic E-state index is 12.2. The number of urea groups is 1. The quantitative estimate of drug-likeness (QED) is 0.536. The van der Waals surface area contributed by atoms with Crippen LogP contribution in [0.3, 0.4) is 0 Å². The molecule has 124 valence electrons. The summed E-state index contributed by atoms with van der Waals surface area (Å²) in [6, 6.07) is 6.18. The molecule has 0 bridgehead atoms. The second-order valence-electron chi connectivity index (χ2n) is 4.74. The molecule has 1 aromatic carbocycles. The lowest BCUT2D eigenvalue weighted by Crippen LogP contribution is -2.45. The molecule has 0 unspecified atom stereocenters. The van der Waals surface area contributed by atoms with Gasteiger partial charge in [0, 0.05) is 5.70 Å². The van der Waals surface area contributed by atoms with Crippen molar-refractivity contribution in [2.45, 2.75) is 23.8 Å². The fourth-order valence-electron chi connectivity index (χ4n) is 2.26. The fourth-order valence-corrected chi connectivity index (χ4v) is 2.70. The van der Waals surface area contributed by atoms with Gasteiger partial charge in [-0.05, 0) is 63.4 Å². The van der Waals surface area contributed by atoms with Crippen LogP contribution in [0.1, 0.15) is 25.5 Å². The predicted molar refractivity (Wildman–Crippen MR) is 92.5 cm³/mol. The van der Waals surface area contributed by atoms with Gasteiger partial charge < -0.3 is 20.1 Å². The SMILES string of the molecule is CCOC(=O)C1=C(C)NC(=O)N[C@H]1c1ccc(OC(Br)Br)cc1. The standard InChI is InChI=1S/C15H16Br2N2O4/c1-3-22-13(20)11-8(2)18-15(21)19-12(11)9-4-6-10(7-5-9)23-14(16)17/h4-7,12,14H,3H2,1-2H3,(H2,18,19,21)/t12-/m0/s1. The Morgan fingerprint density at radius 1 is 1.30 bits per heavy atom. The van der Waals surface area contributed by atoms with E-state index in [1.165, 1.54) is 0 Å². The van der Waals surface area contributed by atoms with Crippen LogP contribution in [-0.4, -0.2) is 22.5 Å². The van der Waals surface area contributed by atoms with Crippen LogP contribution >= 0.6 is 31.9 Å². The molecule has 0 aromatic heterocycles. The molecule has 0 aliphatic carbocycles. The summed E-state index contributed by atoms with van der Waals surface area (Å²) in [5.74, 6) is 0.190. The molecule has 2 amide bonds.